The van der Waals surface area contributed by atoms with Gasteiger partial charge in [0.2, 0.25) is 5.88 Å². The average molecular weight is 802 g/mol. The summed E-state index contributed by atoms with van der Waals surface area (Å²) in [5.74, 6) is 0.468. The van der Waals surface area contributed by atoms with Crippen LogP contribution in [-0.2, 0) is 45.7 Å². The Bertz CT molecular complexity index is 2320. The Kier molecular flexibility index (Phi) is 10.1. The molecule has 0 saturated heterocycles. The van der Waals surface area contributed by atoms with E-state index in [9.17, 15) is 4.79 Å². The number of rotatable bonds is 10. The Hall–Kier alpha value is -4.55. The van der Waals surface area contributed by atoms with E-state index in [-0.39, 0.29) is 15.9 Å². The molecule has 8 rings (SSSR count). The van der Waals surface area contributed by atoms with Gasteiger partial charge in [-0.1, -0.05) is 118 Å². The molecule has 4 aromatic carbocycles. The molecule has 2 amide bonds. The first-order chi connectivity index (χ1) is 27.1. The summed E-state index contributed by atoms with van der Waals surface area (Å²) in [7, 11) is -5.90. The van der Waals surface area contributed by atoms with Crippen LogP contribution in [0.4, 0.5) is 10.5 Å². The van der Waals surface area contributed by atoms with Crippen molar-refractivity contribution in [2.75, 3.05) is 11.9 Å². The highest BCUT2D eigenvalue weighted by Gasteiger charge is 2.44. The fourth-order valence-electron chi connectivity index (χ4n) is 8.54. The zero-order chi connectivity index (χ0) is 40.2. The Labute approximate surface area is 339 Å². The molecule has 0 spiro atoms. The van der Waals surface area contributed by atoms with Crippen LogP contribution in [0.5, 0.6) is 5.88 Å². The number of carbonyl (C=O) groups is 1. The minimum absolute atomic E-state index is 0.0804. The van der Waals surface area contributed by atoms with E-state index in [1.807, 2.05) is 105 Å². The second-order valence-electron chi connectivity index (χ2n) is 18.0. The predicted octanol–water partition coefficient (Wildman–Crippen LogP) is 10.2. The van der Waals surface area contributed by atoms with E-state index in [1.54, 1.807) is 4.68 Å². The van der Waals surface area contributed by atoms with Crippen molar-refractivity contribution < 1.29 is 18.2 Å². The van der Waals surface area contributed by atoms with Crippen LogP contribution >= 0.6 is 0 Å². The van der Waals surface area contributed by atoms with E-state index in [2.05, 4.69) is 55.1 Å². The molecule has 0 saturated carbocycles. The van der Waals surface area contributed by atoms with Gasteiger partial charge >= 0.3 is 6.03 Å². The Balaban J connectivity index is 1.28. The van der Waals surface area contributed by atoms with Gasteiger partial charge in [-0.15, -0.1) is 4.36 Å². The second-order valence-corrected chi connectivity index (χ2v) is 24.6. The molecule has 2 N–H and O–H groups in total. The lowest BCUT2D eigenvalue weighted by atomic mass is 9.78. The van der Waals surface area contributed by atoms with E-state index >= 15 is 4.21 Å². The topological polar surface area (TPSA) is 107 Å². The van der Waals surface area contributed by atoms with Crippen LogP contribution in [0.15, 0.2) is 113 Å². The summed E-state index contributed by atoms with van der Waals surface area (Å²) in [5.41, 5.74) is 6.33. The highest BCUT2D eigenvalue weighted by atomic mass is 32.2. The van der Waals surface area contributed by atoms with Gasteiger partial charge in [0, 0.05) is 18.2 Å². The summed E-state index contributed by atoms with van der Waals surface area (Å²) in [6.07, 6.45) is 6.26. The van der Waals surface area contributed by atoms with E-state index in [0.717, 1.165) is 65.6 Å². The Morgan fingerprint density at radius 2 is 1.53 bits per heavy atom. The number of aromatic nitrogens is 2. The number of aryl methyl sites for hydroxylation is 2. The van der Waals surface area contributed by atoms with Crippen molar-refractivity contribution in [3.63, 3.8) is 0 Å². The van der Waals surface area contributed by atoms with E-state index in [0.29, 0.717) is 19.0 Å². The first kappa shape index (κ1) is 39.3. The van der Waals surface area contributed by atoms with Gasteiger partial charge in [0.1, 0.15) is 16.0 Å². The van der Waals surface area contributed by atoms with Gasteiger partial charge in [0.05, 0.1) is 12.7 Å². The lowest BCUT2D eigenvalue weighted by Gasteiger charge is -2.37. The van der Waals surface area contributed by atoms with Crippen LogP contribution in [0.2, 0.25) is 18.1 Å². The number of carbonyl (C=O) groups excluding carboxylic acids is 1. The summed E-state index contributed by atoms with van der Waals surface area (Å²) >= 11 is 0. The van der Waals surface area contributed by atoms with E-state index < -0.39 is 35.4 Å². The molecule has 11 heteroatoms. The monoisotopic (exact) mass is 801 g/mol. The van der Waals surface area contributed by atoms with Gasteiger partial charge in [-0.25, -0.2) is 18.4 Å². The fourth-order valence-corrected chi connectivity index (χ4v) is 11.5. The number of urea groups is 1. The van der Waals surface area contributed by atoms with E-state index in [4.69, 9.17) is 13.5 Å². The normalized spacial score (nSPS) is 18.3. The number of fused-ring (bicyclic) bond motifs is 3. The number of hydrogen-bond donors (Lipinski definition) is 2. The molecule has 0 fully saturated rings. The highest BCUT2D eigenvalue weighted by molar-refractivity contribution is 7.92. The number of nitrogens with one attached hydrogen (secondary N) is 2. The summed E-state index contributed by atoms with van der Waals surface area (Å²) in [6, 6.07) is 31.4. The third-order valence-electron chi connectivity index (χ3n) is 12.5. The molecule has 0 radical (unpaired) electrons. The highest BCUT2D eigenvalue weighted by Crippen LogP contribution is 2.47. The summed E-state index contributed by atoms with van der Waals surface area (Å²) in [4.78, 5) is 15.0. The second kappa shape index (κ2) is 14.7. The number of amides is 2. The number of hydrogen-bond acceptors (Lipinski definition) is 5. The van der Waals surface area contributed by atoms with Crippen LogP contribution in [0.3, 0.4) is 0 Å². The molecule has 2 atom stereocenters. The van der Waals surface area contributed by atoms with Crippen molar-refractivity contribution in [1.82, 2.24) is 14.5 Å². The van der Waals surface area contributed by atoms with Crippen molar-refractivity contribution in [2.45, 2.75) is 113 Å². The third-order valence-corrected chi connectivity index (χ3v) is 18.8. The van der Waals surface area contributed by atoms with Gasteiger partial charge in [0.15, 0.2) is 18.2 Å². The van der Waals surface area contributed by atoms with Crippen molar-refractivity contribution in [1.29, 1.82) is 0 Å². The van der Waals surface area contributed by atoms with Crippen molar-refractivity contribution in [3.8, 4) is 5.88 Å². The molecule has 0 bridgehead atoms. The van der Waals surface area contributed by atoms with Crippen molar-refractivity contribution >= 4 is 30.0 Å². The van der Waals surface area contributed by atoms with Crippen LogP contribution in [-0.4, -0.2) is 40.5 Å². The molecule has 9 nitrogen and oxygen atoms in total. The molecule has 2 aliphatic carbocycles. The zero-order valence-electron chi connectivity index (χ0n) is 34.2. The number of ether oxygens (including phenoxy) is 1. The maximum atomic E-state index is 16.3. The zero-order valence-corrected chi connectivity index (χ0v) is 36.0. The van der Waals surface area contributed by atoms with Crippen molar-refractivity contribution in [2.24, 2.45) is 4.36 Å². The Morgan fingerprint density at radius 1 is 0.930 bits per heavy atom. The van der Waals surface area contributed by atoms with Crippen LogP contribution in [0.25, 0.3) is 0 Å². The molecular weight excluding hydrogens is 747 g/mol. The largest absolute Gasteiger partial charge is 0.469 e. The minimum atomic E-state index is -3.87. The molecule has 57 heavy (non-hydrogen) atoms. The van der Waals surface area contributed by atoms with Gasteiger partial charge in [-0.2, -0.15) is 5.10 Å². The maximum Gasteiger partial charge on any atom is 0.354 e. The van der Waals surface area contributed by atoms with Crippen molar-refractivity contribution in [3.05, 3.63) is 142 Å². The molecule has 2 heterocycles. The summed E-state index contributed by atoms with van der Waals surface area (Å²) in [5, 5.41) is 7.98. The molecule has 1 aromatic heterocycles. The Morgan fingerprint density at radius 3 is 2.11 bits per heavy atom. The first-order valence-corrected chi connectivity index (χ1v) is 24.6. The third kappa shape index (κ3) is 7.28. The van der Waals surface area contributed by atoms with Crippen LogP contribution < -0.4 is 14.8 Å². The molecule has 298 valence electrons. The molecule has 5 aromatic rings. The van der Waals surface area contributed by atoms with Crippen LogP contribution in [0, 0.1) is 0 Å². The first-order valence-electron chi connectivity index (χ1n) is 20.2. The molecular formula is C46H55N5O4SSi. The maximum absolute atomic E-state index is 16.3. The SMILES string of the molecule is CC1(C)Cn2ncc(S(=O)(=NC(=O)Nc3c4c(cc5c3C(CO[Si](C)(C)C(C)(C)C)CC5)CCC4)NC(c3ccccc3)(c3ccccc3)c3ccccc3)c2O1. The predicted molar refractivity (Wildman–Crippen MR) is 230 cm³/mol. The number of anilines is 1. The summed E-state index contributed by atoms with van der Waals surface area (Å²) < 4.78 is 39.6. The minimum Gasteiger partial charge on any atom is -0.469 e. The lowest BCUT2D eigenvalue weighted by molar-refractivity contribution is 0.132. The van der Waals surface area contributed by atoms with Gasteiger partial charge in [-0.05, 0) is 103 Å². The standard InChI is InChI=1S/C46H55N5O4SSi/c1-44(2,3)57(6,7)54-30-34-27-26-33-28-32-18-17-25-38(32)41(40(33)34)48-43(52)49-56(53,39-29-47-51-31-45(4,5)55-42(39)51)50-46(35-19-11-8-12-20-35,36-21-13-9-14-22-36)37-23-15-10-16-24-37/h8-16,19-24,28-29,34H,17-18,25-27,30-31H2,1-7H3,(H2,48,49,50,52,53). The summed E-state index contributed by atoms with van der Waals surface area (Å²) in [6.45, 7) is 16.4. The van der Waals surface area contributed by atoms with Gasteiger partial charge in [-0.3, -0.25) is 0 Å². The fraction of sp³-hybridized carbons (Fsp3) is 0.391. The lowest BCUT2D eigenvalue weighted by Crippen LogP contribution is -2.48. The molecule has 2 unspecified atom stereocenters. The smallest absolute Gasteiger partial charge is 0.354 e. The van der Waals surface area contributed by atoms with Gasteiger partial charge in [0.25, 0.3) is 0 Å². The van der Waals surface area contributed by atoms with Gasteiger partial charge < -0.3 is 14.5 Å². The van der Waals surface area contributed by atoms with E-state index in [1.165, 1.54) is 17.3 Å². The molecule has 3 aliphatic rings. The average Bonchev–Trinajstić information content (AvgIpc) is 3.97. The quantitative estimate of drug-likeness (QED) is 0.108. The molecule has 1 aliphatic heterocycles. The number of benzene rings is 4. The van der Waals surface area contributed by atoms with Crippen LogP contribution in [0.1, 0.15) is 92.3 Å². The number of nitrogens with zero attached hydrogens (tertiary/aromatic N) is 3.